The lowest BCUT2D eigenvalue weighted by Gasteiger charge is -2.12. The molecule has 0 unspecified atom stereocenters. The van der Waals surface area contributed by atoms with E-state index in [1.165, 1.54) is 11.1 Å². The summed E-state index contributed by atoms with van der Waals surface area (Å²) in [6.07, 6.45) is 0. The monoisotopic (exact) mass is 260 g/mol. The molecular formula is C16H17ClO. The Kier molecular flexibility index (Phi) is 4.27. The molecule has 94 valence electrons. The number of aryl methyl sites for hydroxylation is 1. The minimum absolute atomic E-state index is 0.520. The Morgan fingerprint density at radius 2 is 1.67 bits per heavy atom. The fourth-order valence-electron chi connectivity index (χ4n) is 1.86. The molecule has 0 atom stereocenters. The fraction of sp³-hybridized carbons (Fsp3) is 0.250. The standard InChI is InChI=1S/C16H17ClO/c1-12-6-5-9-16(13(12)2)18-11-15-8-4-3-7-14(15)10-17/h3-9H,10-11H2,1-2H3. The molecule has 0 aromatic heterocycles. The molecule has 2 aromatic rings. The van der Waals surface area contributed by atoms with Gasteiger partial charge in [0.2, 0.25) is 0 Å². The maximum atomic E-state index is 5.91. The van der Waals surface area contributed by atoms with Crippen LogP contribution in [0.15, 0.2) is 42.5 Å². The third-order valence-corrected chi connectivity index (χ3v) is 3.49. The zero-order valence-electron chi connectivity index (χ0n) is 10.7. The third kappa shape index (κ3) is 2.85. The van der Waals surface area contributed by atoms with Gasteiger partial charge in [-0.25, -0.2) is 0 Å². The molecule has 0 aliphatic heterocycles. The summed E-state index contributed by atoms with van der Waals surface area (Å²) < 4.78 is 5.89. The van der Waals surface area contributed by atoms with Crippen LogP contribution in [0.4, 0.5) is 0 Å². The van der Waals surface area contributed by atoms with Gasteiger partial charge in [0.15, 0.2) is 0 Å². The van der Waals surface area contributed by atoms with Crippen LogP contribution >= 0.6 is 11.6 Å². The summed E-state index contributed by atoms with van der Waals surface area (Å²) in [6, 6.07) is 14.2. The summed E-state index contributed by atoms with van der Waals surface area (Å²) in [7, 11) is 0. The van der Waals surface area contributed by atoms with Crippen LogP contribution < -0.4 is 4.74 Å². The van der Waals surface area contributed by atoms with Crippen LogP contribution in [0, 0.1) is 13.8 Å². The molecule has 0 bridgehead atoms. The Bertz CT molecular complexity index is 534. The molecule has 2 aromatic carbocycles. The highest BCUT2D eigenvalue weighted by Crippen LogP contribution is 2.22. The van der Waals surface area contributed by atoms with E-state index < -0.39 is 0 Å². The van der Waals surface area contributed by atoms with E-state index in [0.717, 1.165) is 16.9 Å². The molecule has 0 N–H and O–H groups in total. The van der Waals surface area contributed by atoms with E-state index in [9.17, 15) is 0 Å². The summed E-state index contributed by atoms with van der Waals surface area (Å²) in [5.41, 5.74) is 4.72. The van der Waals surface area contributed by atoms with Crippen LogP contribution in [-0.2, 0) is 12.5 Å². The second kappa shape index (κ2) is 5.92. The highest BCUT2D eigenvalue weighted by atomic mass is 35.5. The van der Waals surface area contributed by atoms with E-state index in [0.29, 0.717) is 12.5 Å². The van der Waals surface area contributed by atoms with Gasteiger partial charge in [0.05, 0.1) is 0 Å². The number of ether oxygens (including phenoxy) is 1. The second-order valence-corrected chi connectivity index (χ2v) is 4.66. The van der Waals surface area contributed by atoms with Gasteiger partial charge in [-0.2, -0.15) is 0 Å². The van der Waals surface area contributed by atoms with Crippen molar-refractivity contribution in [2.24, 2.45) is 0 Å². The van der Waals surface area contributed by atoms with Crippen LogP contribution in [0.3, 0.4) is 0 Å². The van der Waals surface area contributed by atoms with Gasteiger partial charge in [0, 0.05) is 5.88 Å². The molecule has 0 saturated heterocycles. The molecule has 18 heavy (non-hydrogen) atoms. The maximum absolute atomic E-state index is 5.91. The largest absolute Gasteiger partial charge is 0.489 e. The van der Waals surface area contributed by atoms with Gasteiger partial charge in [-0.1, -0.05) is 36.4 Å². The van der Waals surface area contributed by atoms with Crippen molar-refractivity contribution in [1.82, 2.24) is 0 Å². The van der Waals surface area contributed by atoms with E-state index >= 15 is 0 Å². The number of benzene rings is 2. The first kappa shape index (κ1) is 13.0. The average molecular weight is 261 g/mol. The van der Waals surface area contributed by atoms with E-state index in [1.807, 2.05) is 30.3 Å². The summed E-state index contributed by atoms with van der Waals surface area (Å²) >= 11 is 5.91. The quantitative estimate of drug-likeness (QED) is 0.729. The SMILES string of the molecule is Cc1cccc(OCc2ccccc2CCl)c1C. The van der Waals surface area contributed by atoms with Gasteiger partial charge in [-0.15, -0.1) is 11.6 Å². The zero-order valence-corrected chi connectivity index (χ0v) is 11.5. The molecule has 0 spiro atoms. The Balaban J connectivity index is 2.14. The molecular weight excluding hydrogens is 244 g/mol. The normalized spacial score (nSPS) is 10.4. The molecule has 2 heteroatoms. The minimum atomic E-state index is 0.520. The molecule has 2 rings (SSSR count). The van der Waals surface area contributed by atoms with Crippen LogP contribution in [-0.4, -0.2) is 0 Å². The number of alkyl halides is 1. The van der Waals surface area contributed by atoms with E-state index in [1.54, 1.807) is 0 Å². The first-order valence-electron chi connectivity index (χ1n) is 6.04. The van der Waals surface area contributed by atoms with Gasteiger partial charge in [0.1, 0.15) is 12.4 Å². The highest BCUT2D eigenvalue weighted by Gasteiger charge is 2.04. The smallest absolute Gasteiger partial charge is 0.122 e. The summed E-state index contributed by atoms with van der Waals surface area (Å²) in [6.45, 7) is 4.74. The lowest BCUT2D eigenvalue weighted by Crippen LogP contribution is -2.00. The Hall–Kier alpha value is -1.47. The van der Waals surface area contributed by atoms with Crippen molar-refractivity contribution in [3.63, 3.8) is 0 Å². The first-order valence-corrected chi connectivity index (χ1v) is 6.57. The topological polar surface area (TPSA) is 9.23 Å². The van der Waals surface area contributed by atoms with Crippen LogP contribution in [0.2, 0.25) is 0 Å². The van der Waals surface area contributed by atoms with Crippen LogP contribution in [0.1, 0.15) is 22.3 Å². The molecule has 0 aliphatic carbocycles. The summed E-state index contributed by atoms with van der Waals surface area (Å²) in [5, 5.41) is 0. The predicted molar refractivity (Wildman–Crippen MR) is 76.2 cm³/mol. The van der Waals surface area contributed by atoms with Crippen LogP contribution in [0.25, 0.3) is 0 Å². The lowest BCUT2D eigenvalue weighted by atomic mass is 10.1. The molecule has 0 radical (unpaired) electrons. The van der Waals surface area contributed by atoms with Gasteiger partial charge in [0.25, 0.3) is 0 Å². The summed E-state index contributed by atoms with van der Waals surface area (Å²) in [5.74, 6) is 1.46. The van der Waals surface area contributed by atoms with Crippen molar-refractivity contribution in [3.05, 3.63) is 64.7 Å². The van der Waals surface area contributed by atoms with Gasteiger partial charge < -0.3 is 4.74 Å². The summed E-state index contributed by atoms with van der Waals surface area (Å²) in [4.78, 5) is 0. The highest BCUT2D eigenvalue weighted by molar-refractivity contribution is 6.17. The maximum Gasteiger partial charge on any atom is 0.122 e. The fourth-order valence-corrected chi connectivity index (χ4v) is 2.13. The molecule has 0 amide bonds. The predicted octanol–water partition coefficient (Wildman–Crippen LogP) is 4.62. The molecule has 0 saturated carbocycles. The zero-order chi connectivity index (χ0) is 13.0. The molecule has 0 fully saturated rings. The van der Waals surface area contributed by atoms with E-state index in [2.05, 4.69) is 26.0 Å². The van der Waals surface area contributed by atoms with Crippen molar-refractivity contribution in [1.29, 1.82) is 0 Å². The molecule has 1 nitrogen and oxygen atoms in total. The van der Waals surface area contributed by atoms with Crippen molar-refractivity contribution in [2.45, 2.75) is 26.3 Å². The Morgan fingerprint density at radius 1 is 0.944 bits per heavy atom. The van der Waals surface area contributed by atoms with Gasteiger partial charge >= 0.3 is 0 Å². The lowest BCUT2D eigenvalue weighted by molar-refractivity contribution is 0.303. The van der Waals surface area contributed by atoms with Crippen LogP contribution in [0.5, 0.6) is 5.75 Å². The minimum Gasteiger partial charge on any atom is -0.489 e. The van der Waals surface area contributed by atoms with Crippen molar-refractivity contribution >= 4 is 11.6 Å². The number of halogens is 1. The average Bonchev–Trinajstić information content (AvgIpc) is 2.41. The Morgan fingerprint density at radius 3 is 2.39 bits per heavy atom. The third-order valence-electron chi connectivity index (χ3n) is 3.20. The van der Waals surface area contributed by atoms with E-state index in [-0.39, 0.29) is 0 Å². The number of hydrogen-bond acceptors (Lipinski definition) is 1. The molecule has 0 aliphatic rings. The number of rotatable bonds is 4. The molecule has 0 heterocycles. The second-order valence-electron chi connectivity index (χ2n) is 4.39. The van der Waals surface area contributed by atoms with Crippen molar-refractivity contribution < 1.29 is 4.74 Å². The van der Waals surface area contributed by atoms with E-state index in [4.69, 9.17) is 16.3 Å². The van der Waals surface area contributed by atoms with Gasteiger partial charge in [-0.3, -0.25) is 0 Å². The Labute approximate surface area is 113 Å². The van der Waals surface area contributed by atoms with Crippen molar-refractivity contribution in [2.75, 3.05) is 0 Å². The van der Waals surface area contributed by atoms with Crippen molar-refractivity contribution in [3.8, 4) is 5.75 Å². The first-order chi connectivity index (χ1) is 8.72. The number of hydrogen-bond donors (Lipinski definition) is 0. The van der Waals surface area contributed by atoms with Gasteiger partial charge in [-0.05, 0) is 42.2 Å².